The number of likely N-dealkylation sites (tertiary alicyclic amines) is 1. The first-order valence-electron chi connectivity index (χ1n) is 6.48. The van der Waals surface area contributed by atoms with Crippen LogP contribution in [-0.4, -0.2) is 30.1 Å². The Kier molecular flexibility index (Phi) is 2.68. The van der Waals surface area contributed by atoms with Gasteiger partial charge in [0.1, 0.15) is 11.3 Å². The highest BCUT2D eigenvalue weighted by Crippen LogP contribution is 2.34. The van der Waals surface area contributed by atoms with E-state index >= 15 is 0 Å². The van der Waals surface area contributed by atoms with E-state index in [0.717, 1.165) is 48.2 Å². The Morgan fingerprint density at radius 1 is 1.22 bits per heavy atom. The number of furan rings is 1. The molecular formula is C15H19NO2. The highest BCUT2D eigenvalue weighted by molar-refractivity contribution is 5.78. The largest absolute Gasteiger partial charge is 0.461 e. The summed E-state index contributed by atoms with van der Waals surface area (Å²) in [6.45, 7) is 3.84. The number of hydrogen-bond donors (Lipinski definition) is 1. The molecule has 1 N–H and O–H groups in total. The summed E-state index contributed by atoms with van der Waals surface area (Å²) in [7, 11) is 2.10. The summed E-state index contributed by atoms with van der Waals surface area (Å²) < 4.78 is 5.57. The molecule has 0 radical (unpaired) electrons. The first-order valence-corrected chi connectivity index (χ1v) is 6.48. The number of rotatable bonds is 1. The molecule has 2 heterocycles. The molecule has 0 spiro atoms. The molecule has 1 aromatic heterocycles. The maximum absolute atomic E-state index is 10.8. The van der Waals surface area contributed by atoms with Crippen molar-refractivity contribution in [3.8, 4) is 0 Å². The van der Waals surface area contributed by atoms with Crippen molar-refractivity contribution in [3.05, 3.63) is 35.6 Å². The summed E-state index contributed by atoms with van der Waals surface area (Å²) in [5.41, 5.74) is 1.24. The standard InChI is InChI=1S/C15H19NO2/c1-11-9-12-10-13(3-4-14(12)18-11)15(17)5-7-16(2)8-6-15/h3-4,9-10,17H,5-8H2,1-2H3. The van der Waals surface area contributed by atoms with Crippen molar-refractivity contribution in [3.63, 3.8) is 0 Å². The molecule has 1 fully saturated rings. The molecule has 1 aromatic carbocycles. The fourth-order valence-corrected chi connectivity index (χ4v) is 2.74. The lowest BCUT2D eigenvalue weighted by Crippen LogP contribution is -2.40. The van der Waals surface area contributed by atoms with E-state index in [2.05, 4.69) is 18.0 Å². The zero-order valence-electron chi connectivity index (χ0n) is 10.9. The summed E-state index contributed by atoms with van der Waals surface area (Å²) >= 11 is 0. The molecule has 1 aliphatic rings. The van der Waals surface area contributed by atoms with Crippen molar-refractivity contribution in [1.82, 2.24) is 4.90 Å². The summed E-state index contributed by atoms with van der Waals surface area (Å²) in [5, 5.41) is 11.9. The predicted octanol–water partition coefficient (Wildman–Crippen LogP) is 2.65. The van der Waals surface area contributed by atoms with Crippen LogP contribution in [0.2, 0.25) is 0 Å². The summed E-state index contributed by atoms with van der Waals surface area (Å²) in [4.78, 5) is 2.26. The zero-order chi connectivity index (χ0) is 12.8. The first-order chi connectivity index (χ1) is 8.57. The molecule has 3 rings (SSSR count). The molecule has 1 saturated heterocycles. The second kappa shape index (κ2) is 4.11. The van der Waals surface area contributed by atoms with E-state index in [1.807, 2.05) is 25.1 Å². The molecule has 3 nitrogen and oxygen atoms in total. The third-order valence-electron chi connectivity index (χ3n) is 3.99. The van der Waals surface area contributed by atoms with Gasteiger partial charge in [0.2, 0.25) is 0 Å². The van der Waals surface area contributed by atoms with E-state index < -0.39 is 5.60 Å². The van der Waals surface area contributed by atoms with Crippen molar-refractivity contribution < 1.29 is 9.52 Å². The molecule has 0 amide bonds. The number of benzene rings is 1. The molecule has 96 valence electrons. The number of aliphatic hydroxyl groups is 1. The van der Waals surface area contributed by atoms with Crippen molar-refractivity contribution in [2.24, 2.45) is 0 Å². The third-order valence-corrected chi connectivity index (χ3v) is 3.99. The number of aryl methyl sites for hydroxylation is 1. The van der Waals surface area contributed by atoms with E-state index in [1.54, 1.807) is 0 Å². The highest BCUT2D eigenvalue weighted by atomic mass is 16.3. The third kappa shape index (κ3) is 1.93. The smallest absolute Gasteiger partial charge is 0.134 e. The van der Waals surface area contributed by atoms with Crippen molar-refractivity contribution in [2.45, 2.75) is 25.4 Å². The molecule has 3 heteroatoms. The first kappa shape index (κ1) is 11.8. The van der Waals surface area contributed by atoms with Crippen LogP contribution in [-0.2, 0) is 5.60 Å². The molecule has 2 aromatic rings. The van der Waals surface area contributed by atoms with Crippen LogP contribution in [0.3, 0.4) is 0 Å². The second-order valence-electron chi connectivity index (χ2n) is 5.44. The van der Waals surface area contributed by atoms with E-state index in [0.29, 0.717) is 0 Å². The molecule has 18 heavy (non-hydrogen) atoms. The van der Waals surface area contributed by atoms with Crippen LogP contribution in [0.4, 0.5) is 0 Å². The predicted molar refractivity (Wildman–Crippen MR) is 71.6 cm³/mol. The molecular weight excluding hydrogens is 226 g/mol. The lowest BCUT2D eigenvalue weighted by molar-refractivity contribution is -0.0202. The Balaban J connectivity index is 1.98. The molecule has 0 atom stereocenters. The molecule has 0 unspecified atom stereocenters. The number of fused-ring (bicyclic) bond motifs is 1. The molecule has 1 aliphatic heterocycles. The summed E-state index contributed by atoms with van der Waals surface area (Å²) in [6, 6.07) is 8.05. The van der Waals surface area contributed by atoms with E-state index in [9.17, 15) is 5.11 Å². The monoisotopic (exact) mass is 245 g/mol. The minimum absolute atomic E-state index is 0.675. The van der Waals surface area contributed by atoms with Crippen LogP contribution >= 0.6 is 0 Å². The minimum atomic E-state index is -0.675. The number of hydrogen-bond acceptors (Lipinski definition) is 3. The lowest BCUT2D eigenvalue weighted by atomic mass is 9.84. The van der Waals surface area contributed by atoms with Gasteiger partial charge in [-0.05, 0) is 50.6 Å². The van der Waals surface area contributed by atoms with Gasteiger partial charge in [-0.2, -0.15) is 0 Å². The van der Waals surface area contributed by atoms with Crippen LogP contribution in [0.15, 0.2) is 28.7 Å². The minimum Gasteiger partial charge on any atom is -0.461 e. The zero-order valence-corrected chi connectivity index (χ0v) is 10.9. The fourth-order valence-electron chi connectivity index (χ4n) is 2.74. The summed E-state index contributed by atoms with van der Waals surface area (Å²) in [5.74, 6) is 0.914. The Bertz CT molecular complexity index is 565. The molecule has 0 saturated carbocycles. The van der Waals surface area contributed by atoms with Gasteiger partial charge in [0.25, 0.3) is 0 Å². The summed E-state index contributed by atoms with van der Waals surface area (Å²) in [6.07, 6.45) is 1.59. The van der Waals surface area contributed by atoms with Crippen LogP contribution in [0.5, 0.6) is 0 Å². The highest BCUT2D eigenvalue weighted by Gasteiger charge is 2.33. The Labute approximate surface area is 107 Å². The quantitative estimate of drug-likeness (QED) is 0.839. The van der Waals surface area contributed by atoms with E-state index in [4.69, 9.17) is 4.42 Å². The Morgan fingerprint density at radius 3 is 2.67 bits per heavy atom. The maximum Gasteiger partial charge on any atom is 0.134 e. The maximum atomic E-state index is 10.8. The Morgan fingerprint density at radius 2 is 1.94 bits per heavy atom. The SMILES string of the molecule is Cc1cc2cc(C3(O)CCN(C)CC3)ccc2o1. The number of piperidine rings is 1. The molecule has 0 bridgehead atoms. The van der Waals surface area contributed by atoms with Gasteiger partial charge in [-0.25, -0.2) is 0 Å². The normalized spacial score (nSPS) is 20.4. The van der Waals surface area contributed by atoms with Gasteiger partial charge < -0.3 is 14.4 Å². The van der Waals surface area contributed by atoms with Crippen LogP contribution in [0, 0.1) is 6.92 Å². The average Bonchev–Trinajstić information content (AvgIpc) is 2.72. The van der Waals surface area contributed by atoms with Gasteiger partial charge >= 0.3 is 0 Å². The Hall–Kier alpha value is -1.32. The fraction of sp³-hybridized carbons (Fsp3) is 0.467. The van der Waals surface area contributed by atoms with Crippen LogP contribution < -0.4 is 0 Å². The van der Waals surface area contributed by atoms with Crippen molar-refractivity contribution >= 4 is 11.0 Å². The van der Waals surface area contributed by atoms with E-state index in [-0.39, 0.29) is 0 Å². The number of nitrogens with zero attached hydrogens (tertiary/aromatic N) is 1. The van der Waals surface area contributed by atoms with Gasteiger partial charge in [0.05, 0.1) is 5.60 Å². The van der Waals surface area contributed by atoms with Gasteiger partial charge in [-0.3, -0.25) is 0 Å². The van der Waals surface area contributed by atoms with Crippen LogP contribution in [0.1, 0.15) is 24.2 Å². The van der Waals surface area contributed by atoms with Gasteiger partial charge in [-0.15, -0.1) is 0 Å². The van der Waals surface area contributed by atoms with Crippen LogP contribution in [0.25, 0.3) is 11.0 Å². The van der Waals surface area contributed by atoms with Gasteiger partial charge in [0.15, 0.2) is 0 Å². The molecule has 0 aliphatic carbocycles. The van der Waals surface area contributed by atoms with E-state index in [1.165, 1.54) is 0 Å². The van der Waals surface area contributed by atoms with Gasteiger partial charge in [-0.1, -0.05) is 6.07 Å². The topological polar surface area (TPSA) is 36.6 Å². The lowest BCUT2D eigenvalue weighted by Gasteiger charge is -2.36. The average molecular weight is 245 g/mol. The second-order valence-corrected chi connectivity index (χ2v) is 5.44. The van der Waals surface area contributed by atoms with Crippen molar-refractivity contribution in [1.29, 1.82) is 0 Å². The van der Waals surface area contributed by atoms with Gasteiger partial charge in [0, 0.05) is 18.5 Å². The van der Waals surface area contributed by atoms with Crippen molar-refractivity contribution in [2.75, 3.05) is 20.1 Å².